The van der Waals surface area contributed by atoms with Crippen LogP contribution < -0.4 is 9.62 Å². The summed E-state index contributed by atoms with van der Waals surface area (Å²) in [6, 6.07) is 13.8. The zero-order valence-corrected chi connectivity index (χ0v) is 18.8. The molecule has 0 radical (unpaired) electrons. The number of aromatic nitrogens is 2. The number of aryl methyl sites for hydroxylation is 2. The van der Waals surface area contributed by atoms with Crippen molar-refractivity contribution < 1.29 is 17.7 Å². The third-order valence-electron chi connectivity index (χ3n) is 4.74. The molecule has 1 aromatic heterocycles. The molecule has 1 heterocycles. The van der Waals surface area contributed by atoms with Gasteiger partial charge in [0.05, 0.1) is 18.5 Å². The lowest BCUT2D eigenvalue weighted by atomic mass is 10.1. The molecule has 3 aromatic rings. The molecule has 0 aliphatic carbocycles. The molecule has 0 spiro atoms. The number of hydrogen-bond acceptors (Lipinski definition) is 6. The van der Waals surface area contributed by atoms with Crippen molar-refractivity contribution in [2.24, 2.45) is 0 Å². The molecule has 1 N–H and O–H groups in total. The van der Waals surface area contributed by atoms with E-state index in [4.69, 9.17) is 4.52 Å². The summed E-state index contributed by atoms with van der Waals surface area (Å²) in [5.74, 6) is 0.225. The van der Waals surface area contributed by atoms with E-state index in [9.17, 15) is 13.2 Å². The summed E-state index contributed by atoms with van der Waals surface area (Å²) in [6.45, 7) is 5.60. The van der Waals surface area contributed by atoms with Gasteiger partial charge in [0, 0.05) is 5.56 Å². The van der Waals surface area contributed by atoms with Crippen LogP contribution in [-0.4, -0.2) is 36.8 Å². The minimum atomic E-state index is -3.69. The summed E-state index contributed by atoms with van der Waals surface area (Å²) in [6.07, 6.45) is 1.39. The Hall–Kier alpha value is -3.20. The molecule has 0 aliphatic rings. The summed E-state index contributed by atoms with van der Waals surface area (Å²) in [5, 5.41) is 6.68. The van der Waals surface area contributed by atoms with Gasteiger partial charge in [-0.1, -0.05) is 48.0 Å². The molecule has 0 aliphatic heterocycles. The molecule has 1 amide bonds. The van der Waals surface area contributed by atoms with Gasteiger partial charge in [-0.25, -0.2) is 8.42 Å². The van der Waals surface area contributed by atoms with E-state index >= 15 is 0 Å². The van der Waals surface area contributed by atoms with Gasteiger partial charge in [-0.15, -0.1) is 0 Å². The fourth-order valence-electron chi connectivity index (χ4n) is 3.33. The molecule has 2 aromatic carbocycles. The molecular weight excluding hydrogens is 416 g/mol. The lowest BCUT2D eigenvalue weighted by Gasteiger charge is -2.30. The highest BCUT2D eigenvalue weighted by molar-refractivity contribution is 7.92. The Balaban J connectivity index is 1.76. The first kappa shape index (κ1) is 22.5. The fourth-order valence-corrected chi connectivity index (χ4v) is 4.54. The predicted molar refractivity (Wildman–Crippen MR) is 119 cm³/mol. The monoisotopic (exact) mass is 442 g/mol. The molecule has 3 rings (SSSR count). The average molecular weight is 443 g/mol. The molecule has 31 heavy (non-hydrogen) atoms. The number of anilines is 1. The van der Waals surface area contributed by atoms with Gasteiger partial charge in [0.25, 0.3) is 0 Å². The van der Waals surface area contributed by atoms with Crippen molar-refractivity contribution >= 4 is 21.6 Å². The van der Waals surface area contributed by atoms with Gasteiger partial charge in [-0.3, -0.25) is 9.10 Å². The number of carbonyl (C=O) groups is 1. The lowest BCUT2D eigenvalue weighted by molar-refractivity contribution is -0.122. The van der Waals surface area contributed by atoms with E-state index in [1.165, 1.54) is 0 Å². The minimum Gasteiger partial charge on any atom is -0.345 e. The van der Waals surface area contributed by atoms with E-state index in [-0.39, 0.29) is 12.4 Å². The highest BCUT2D eigenvalue weighted by Gasteiger charge is 2.31. The van der Waals surface area contributed by atoms with Gasteiger partial charge in [0.2, 0.25) is 27.6 Å². The Morgan fingerprint density at radius 1 is 1.13 bits per heavy atom. The Morgan fingerprint density at radius 2 is 1.81 bits per heavy atom. The van der Waals surface area contributed by atoms with Crippen LogP contribution in [0, 0.1) is 13.8 Å². The van der Waals surface area contributed by atoms with E-state index in [1.54, 1.807) is 25.1 Å². The molecular formula is C22H26N4O4S. The number of carbonyl (C=O) groups excluding carboxylic acids is 1. The lowest BCUT2D eigenvalue weighted by Crippen LogP contribution is -2.49. The van der Waals surface area contributed by atoms with Crippen molar-refractivity contribution in [1.82, 2.24) is 15.5 Å². The normalized spacial score (nSPS) is 12.4. The van der Waals surface area contributed by atoms with Crippen LogP contribution in [0.1, 0.15) is 30.4 Å². The largest absolute Gasteiger partial charge is 0.345 e. The molecule has 0 saturated carbocycles. The molecule has 0 unspecified atom stereocenters. The zero-order chi connectivity index (χ0) is 22.6. The third kappa shape index (κ3) is 5.49. The Labute approximate surface area is 182 Å². The van der Waals surface area contributed by atoms with E-state index < -0.39 is 22.0 Å². The number of amides is 1. The van der Waals surface area contributed by atoms with Gasteiger partial charge in [-0.2, -0.15) is 4.98 Å². The van der Waals surface area contributed by atoms with Crippen molar-refractivity contribution in [2.45, 2.75) is 39.8 Å². The maximum absolute atomic E-state index is 12.9. The topological polar surface area (TPSA) is 105 Å². The summed E-state index contributed by atoms with van der Waals surface area (Å²) < 4.78 is 31.4. The van der Waals surface area contributed by atoms with Gasteiger partial charge in [0.15, 0.2) is 0 Å². The van der Waals surface area contributed by atoms with Crippen molar-refractivity contribution in [3.63, 3.8) is 0 Å². The first-order chi connectivity index (χ1) is 14.7. The van der Waals surface area contributed by atoms with Gasteiger partial charge < -0.3 is 9.84 Å². The second-order valence-electron chi connectivity index (χ2n) is 7.42. The van der Waals surface area contributed by atoms with Crippen LogP contribution in [0.3, 0.4) is 0 Å². The number of rotatable bonds is 8. The molecule has 0 saturated heterocycles. The Morgan fingerprint density at radius 3 is 2.42 bits per heavy atom. The quantitative estimate of drug-likeness (QED) is 0.574. The molecule has 8 nitrogen and oxygen atoms in total. The number of hydrogen-bond donors (Lipinski definition) is 1. The van der Waals surface area contributed by atoms with Gasteiger partial charge in [-0.05, 0) is 44.0 Å². The van der Waals surface area contributed by atoms with Crippen LogP contribution in [0.15, 0.2) is 53.1 Å². The summed E-state index contributed by atoms with van der Waals surface area (Å²) in [5.41, 5.74) is 3.23. The molecule has 9 heteroatoms. The smallest absolute Gasteiger partial charge is 0.246 e. The Kier molecular flexibility index (Phi) is 6.74. The summed E-state index contributed by atoms with van der Waals surface area (Å²) >= 11 is 0. The van der Waals surface area contributed by atoms with Gasteiger partial charge >= 0.3 is 0 Å². The summed E-state index contributed by atoms with van der Waals surface area (Å²) in [4.78, 5) is 17.2. The first-order valence-electron chi connectivity index (χ1n) is 9.92. The molecule has 0 fully saturated rings. The molecule has 164 valence electrons. The summed E-state index contributed by atoms with van der Waals surface area (Å²) in [7, 11) is -3.69. The van der Waals surface area contributed by atoms with E-state index in [2.05, 4.69) is 15.5 Å². The zero-order valence-electron chi connectivity index (χ0n) is 18.0. The number of sulfonamides is 1. The highest BCUT2D eigenvalue weighted by Crippen LogP contribution is 2.23. The highest BCUT2D eigenvalue weighted by atomic mass is 32.2. The van der Waals surface area contributed by atoms with E-state index in [0.717, 1.165) is 27.3 Å². The van der Waals surface area contributed by atoms with Crippen LogP contribution in [0.2, 0.25) is 0 Å². The van der Waals surface area contributed by atoms with Gasteiger partial charge in [0.1, 0.15) is 6.04 Å². The maximum atomic E-state index is 12.9. The van der Waals surface area contributed by atoms with Crippen molar-refractivity contribution in [1.29, 1.82) is 0 Å². The number of benzene rings is 2. The fraction of sp³-hybridized carbons (Fsp3) is 0.318. The third-order valence-corrected chi connectivity index (χ3v) is 5.92. The standard InChI is InChI=1S/C22H26N4O4S/c1-5-19(26(31(4,28)29)18-11-7-9-16(3)13-18)22(27)23-14-20-24-21(25-30-20)17-10-6-8-15(2)12-17/h6-13,19H,5,14H2,1-4H3,(H,23,27)/t19-/m1/s1. The average Bonchev–Trinajstić information content (AvgIpc) is 3.18. The SMILES string of the molecule is CC[C@H](C(=O)NCc1nc(-c2cccc(C)c2)no1)N(c1cccc(C)c1)S(C)(=O)=O. The first-order valence-corrected chi connectivity index (χ1v) is 11.8. The van der Waals surface area contributed by atoms with Crippen LogP contribution in [0.5, 0.6) is 0 Å². The van der Waals surface area contributed by atoms with Crippen LogP contribution in [0.25, 0.3) is 11.4 Å². The van der Waals surface area contributed by atoms with Crippen LogP contribution in [0.4, 0.5) is 5.69 Å². The maximum Gasteiger partial charge on any atom is 0.246 e. The van der Waals surface area contributed by atoms with Crippen LogP contribution >= 0.6 is 0 Å². The second-order valence-corrected chi connectivity index (χ2v) is 9.28. The van der Waals surface area contributed by atoms with Crippen molar-refractivity contribution in [3.8, 4) is 11.4 Å². The molecule has 1 atom stereocenters. The Bertz CT molecular complexity index is 1170. The minimum absolute atomic E-state index is 0.000428. The van der Waals surface area contributed by atoms with Crippen molar-refractivity contribution in [2.75, 3.05) is 10.6 Å². The number of nitrogens with zero attached hydrogens (tertiary/aromatic N) is 3. The predicted octanol–water partition coefficient (Wildman–Crippen LogP) is 3.21. The second kappa shape index (κ2) is 9.30. The van der Waals surface area contributed by atoms with Crippen LogP contribution in [-0.2, 0) is 21.4 Å². The van der Waals surface area contributed by atoms with Crippen molar-refractivity contribution in [3.05, 3.63) is 65.5 Å². The van der Waals surface area contributed by atoms with E-state index in [1.807, 2.05) is 44.2 Å². The number of nitrogens with one attached hydrogen (secondary N) is 1. The molecule has 0 bridgehead atoms. The van der Waals surface area contributed by atoms with E-state index in [0.29, 0.717) is 17.9 Å².